The molecule has 0 spiro atoms. The first-order chi connectivity index (χ1) is 18.6. The van der Waals surface area contributed by atoms with Crippen LogP contribution in [0.25, 0.3) is 0 Å². The molecule has 5 heteroatoms. The summed E-state index contributed by atoms with van der Waals surface area (Å²) in [5.41, 5.74) is 7.76. The number of Topliss-reactive ketones (excluding diaryl/α,β-unsaturated/α-hetero) is 1. The molecule has 1 aromatic carbocycles. The van der Waals surface area contributed by atoms with Gasteiger partial charge in [-0.1, -0.05) is 85.9 Å². The highest BCUT2D eigenvalue weighted by molar-refractivity contribution is 5.82. The van der Waals surface area contributed by atoms with Gasteiger partial charge in [-0.3, -0.25) is 4.79 Å². The van der Waals surface area contributed by atoms with E-state index in [1.807, 2.05) is 12.1 Å². The van der Waals surface area contributed by atoms with E-state index in [1.54, 1.807) is 12.1 Å². The van der Waals surface area contributed by atoms with Crippen LogP contribution in [0.4, 0.5) is 16.0 Å². The molecule has 1 aromatic heterocycles. The number of halogens is 1. The second-order valence-corrected chi connectivity index (χ2v) is 9.04. The number of carbonyl (C=O) groups is 1. The number of rotatable bonds is 18. The summed E-state index contributed by atoms with van der Waals surface area (Å²) in [6.07, 6.45) is 29.3. The predicted molar refractivity (Wildman–Crippen MR) is 159 cm³/mol. The van der Waals surface area contributed by atoms with Crippen LogP contribution >= 0.6 is 0 Å². The molecule has 0 bridgehead atoms. The zero-order valence-electron chi connectivity index (χ0n) is 22.6. The lowest BCUT2D eigenvalue weighted by molar-refractivity contribution is -0.118. The third kappa shape index (κ3) is 14.1. The monoisotopic (exact) mass is 515 g/mol. The predicted octanol–water partition coefficient (Wildman–Crippen LogP) is 8.45. The van der Waals surface area contributed by atoms with E-state index in [0.29, 0.717) is 31.0 Å². The summed E-state index contributed by atoms with van der Waals surface area (Å²) in [4.78, 5) is 16.7. The van der Waals surface area contributed by atoms with Crippen molar-refractivity contribution in [2.75, 3.05) is 11.1 Å². The SMILES string of the molecule is CC/C=C\C/C=C\C/C=C\C/C=C\C/C=C\CCCC(=O)Cc1ccc(NCc2ccc(F)cc2)nc1N. The number of nitrogens with one attached hydrogen (secondary N) is 1. The zero-order chi connectivity index (χ0) is 27.3. The highest BCUT2D eigenvalue weighted by atomic mass is 19.1. The number of nitrogen functional groups attached to an aromatic ring is 1. The van der Waals surface area contributed by atoms with Crippen LogP contribution in [-0.2, 0) is 17.8 Å². The highest BCUT2D eigenvalue weighted by Gasteiger charge is 2.08. The molecule has 0 radical (unpaired) electrons. The summed E-state index contributed by atoms with van der Waals surface area (Å²) in [5.74, 6) is 0.891. The molecule has 0 fully saturated rings. The largest absolute Gasteiger partial charge is 0.383 e. The van der Waals surface area contributed by atoms with Crippen molar-refractivity contribution < 1.29 is 9.18 Å². The van der Waals surface area contributed by atoms with Gasteiger partial charge in [-0.15, -0.1) is 0 Å². The van der Waals surface area contributed by atoms with Gasteiger partial charge in [0.15, 0.2) is 0 Å². The molecular formula is C33H42FN3O. The molecule has 2 rings (SSSR count). The lowest BCUT2D eigenvalue weighted by Crippen LogP contribution is -2.08. The molecule has 1 heterocycles. The summed E-state index contributed by atoms with van der Waals surface area (Å²) >= 11 is 0. The van der Waals surface area contributed by atoms with Crippen LogP contribution in [0.1, 0.15) is 69.4 Å². The van der Waals surface area contributed by atoms with E-state index in [9.17, 15) is 9.18 Å². The minimum absolute atomic E-state index is 0.165. The number of ketones is 1. The Hall–Kier alpha value is -3.73. The molecular weight excluding hydrogens is 473 g/mol. The quantitative estimate of drug-likeness (QED) is 0.154. The number of carbonyl (C=O) groups excluding carboxylic acids is 1. The molecule has 0 atom stereocenters. The molecule has 0 saturated heterocycles. The minimum atomic E-state index is -0.261. The smallest absolute Gasteiger partial charge is 0.137 e. The maximum atomic E-state index is 13.0. The number of hydrogen-bond donors (Lipinski definition) is 2. The Balaban J connectivity index is 1.55. The Morgan fingerprint density at radius 3 is 2.00 bits per heavy atom. The maximum absolute atomic E-state index is 13.0. The molecule has 0 aliphatic rings. The summed E-state index contributed by atoms with van der Waals surface area (Å²) in [6, 6.07) is 9.96. The summed E-state index contributed by atoms with van der Waals surface area (Å²) in [7, 11) is 0. The van der Waals surface area contributed by atoms with E-state index in [-0.39, 0.29) is 11.6 Å². The van der Waals surface area contributed by atoms with E-state index in [0.717, 1.165) is 56.1 Å². The van der Waals surface area contributed by atoms with Crippen molar-refractivity contribution in [2.24, 2.45) is 0 Å². The number of anilines is 2. The Labute approximate surface area is 228 Å². The van der Waals surface area contributed by atoms with Crippen LogP contribution < -0.4 is 11.1 Å². The van der Waals surface area contributed by atoms with Crippen LogP contribution in [0.3, 0.4) is 0 Å². The van der Waals surface area contributed by atoms with E-state index in [2.05, 4.69) is 78.0 Å². The van der Waals surface area contributed by atoms with E-state index in [4.69, 9.17) is 5.73 Å². The van der Waals surface area contributed by atoms with Crippen molar-refractivity contribution in [1.29, 1.82) is 0 Å². The van der Waals surface area contributed by atoms with Crippen molar-refractivity contribution in [3.8, 4) is 0 Å². The number of nitrogens with zero attached hydrogens (tertiary/aromatic N) is 1. The van der Waals surface area contributed by atoms with Gasteiger partial charge in [-0.2, -0.15) is 0 Å². The molecule has 0 unspecified atom stereocenters. The van der Waals surface area contributed by atoms with Gasteiger partial charge in [0.1, 0.15) is 23.2 Å². The van der Waals surface area contributed by atoms with Crippen LogP contribution in [0.5, 0.6) is 0 Å². The number of allylic oxidation sites excluding steroid dienone is 10. The molecule has 2 aromatic rings. The average molecular weight is 516 g/mol. The maximum Gasteiger partial charge on any atom is 0.137 e. The number of nitrogens with two attached hydrogens (primary N) is 1. The molecule has 38 heavy (non-hydrogen) atoms. The van der Waals surface area contributed by atoms with Gasteiger partial charge < -0.3 is 11.1 Å². The fourth-order valence-electron chi connectivity index (χ4n) is 3.63. The Bertz CT molecular complexity index is 1100. The number of pyridine rings is 1. The van der Waals surface area contributed by atoms with Gasteiger partial charge in [0.05, 0.1) is 0 Å². The third-order valence-electron chi connectivity index (χ3n) is 5.77. The standard InChI is InChI=1S/C33H42FN3O/c1-2-3-4-5-6-7-8-9-10-11-12-13-14-15-16-17-18-19-31(38)26-29-22-25-32(37-33(29)35)36-27-28-20-23-30(34)24-21-28/h3-4,6-7,9-10,12-13,15-16,20-25H,2,5,8,11,14,17-19,26-27H2,1H3,(H3,35,36,37)/b4-3-,7-6-,10-9-,13-12-,16-15-. The fourth-order valence-corrected chi connectivity index (χ4v) is 3.63. The first-order valence-electron chi connectivity index (χ1n) is 13.6. The molecule has 4 nitrogen and oxygen atoms in total. The van der Waals surface area contributed by atoms with E-state index in [1.165, 1.54) is 12.1 Å². The fraction of sp³-hybridized carbons (Fsp3) is 0.333. The van der Waals surface area contributed by atoms with Crippen molar-refractivity contribution in [1.82, 2.24) is 4.98 Å². The lowest BCUT2D eigenvalue weighted by atomic mass is 10.1. The van der Waals surface area contributed by atoms with Crippen molar-refractivity contribution in [3.05, 3.63) is 114 Å². The Morgan fingerprint density at radius 2 is 1.42 bits per heavy atom. The van der Waals surface area contributed by atoms with Crippen molar-refractivity contribution >= 4 is 17.4 Å². The first kappa shape index (κ1) is 30.5. The molecule has 0 amide bonds. The zero-order valence-corrected chi connectivity index (χ0v) is 22.6. The van der Waals surface area contributed by atoms with Gasteiger partial charge in [0.2, 0.25) is 0 Å². The highest BCUT2D eigenvalue weighted by Crippen LogP contribution is 2.16. The molecule has 202 valence electrons. The van der Waals surface area contributed by atoms with Crippen LogP contribution in [0.2, 0.25) is 0 Å². The van der Waals surface area contributed by atoms with Gasteiger partial charge in [-0.05, 0) is 68.7 Å². The summed E-state index contributed by atoms with van der Waals surface area (Å²) in [5, 5.41) is 3.17. The number of aromatic nitrogens is 1. The average Bonchev–Trinajstić information content (AvgIpc) is 2.91. The summed E-state index contributed by atoms with van der Waals surface area (Å²) in [6.45, 7) is 2.66. The van der Waals surface area contributed by atoms with Crippen molar-refractivity contribution in [3.63, 3.8) is 0 Å². The van der Waals surface area contributed by atoms with E-state index < -0.39 is 0 Å². The molecule has 0 aliphatic heterocycles. The topological polar surface area (TPSA) is 68.0 Å². The second kappa shape index (κ2) is 19.4. The van der Waals surface area contributed by atoms with Crippen LogP contribution in [0.15, 0.2) is 97.2 Å². The van der Waals surface area contributed by atoms with Crippen LogP contribution in [0, 0.1) is 5.82 Å². The lowest BCUT2D eigenvalue weighted by Gasteiger charge is -2.09. The van der Waals surface area contributed by atoms with Gasteiger partial charge in [0, 0.05) is 24.9 Å². The number of unbranched alkanes of at least 4 members (excludes halogenated alkanes) is 1. The Kier molecular flexibility index (Phi) is 15.6. The van der Waals surface area contributed by atoms with Gasteiger partial charge in [0.25, 0.3) is 0 Å². The number of benzene rings is 1. The minimum Gasteiger partial charge on any atom is -0.383 e. The first-order valence-corrected chi connectivity index (χ1v) is 13.6. The second-order valence-electron chi connectivity index (χ2n) is 9.04. The van der Waals surface area contributed by atoms with Crippen molar-refractivity contribution in [2.45, 2.75) is 71.3 Å². The summed E-state index contributed by atoms with van der Waals surface area (Å²) < 4.78 is 13.0. The molecule has 0 saturated carbocycles. The van der Waals surface area contributed by atoms with Crippen LogP contribution in [-0.4, -0.2) is 10.8 Å². The number of hydrogen-bond acceptors (Lipinski definition) is 4. The normalized spacial score (nSPS) is 12.2. The molecule has 3 N–H and O–H groups in total. The van der Waals surface area contributed by atoms with E-state index >= 15 is 0 Å². The Morgan fingerprint density at radius 1 is 0.842 bits per heavy atom. The van der Waals surface area contributed by atoms with Gasteiger partial charge >= 0.3 is 0 Å². The molecule has 0 aliphatic carbocycles. The third-order valence-corrected chi connectivity index (χ3v) is 5.77. The van der Waals surface area contributed by atoms with Gasteiger partial charge in [-0.25, -0.2) is 9.37 Å².